The first kappa shape index (κ1) is 20.9. The molecule has 8 heteroatoms. The van der Waals surface area contributed by atoms with Crippen LogP contribution < -0.4 is 10.2 Å². The van der Waals surface area contributed by atoms with Crippen LogP contribution in [0.2, 0.25) is 10.0 Å². The molecule has 0 saturated carbocycles. The zero-order chi connectivity index (χ0) is 22.3. The quantitative estimate of drug-likeness (QED) is 0.416. The number of anilines is 1. The number of nitrogens with zero attached hydrogens (tertiary/aromatic N) is 1. The molecule has 31 heavy (non-hydrogen) atoms. The third kappa shape index (κ3) is 4.13. The van der Waals surface area contributed by atoms with E-state index < -0.39 is 17.8 Å². The van der Waals surface area contributed by atoms with Crippen molar-refractivity contribution in [3.05, 3.63) is 81.0 Å². The summed E-state index contributed by atoms with van der Waals surface area (Å²) < 4.78 is 5.76. The second kappa shape index (κ2) is 8.06. The molecule has 0 radical (unpaired) electrons. The van der Waals surface area contributed by atoms with E-state index in [1.54, 1.807) is 42.5 Å². The van der Waals surface area contributed by atoms with Gasteiger partial charge >= 0.3 is 6.03 Å². The Bertz CT molecular complexity index is 1260. The van der Waals surface area contributed by atoms with Crippen LogP contribution in [0.3, 0.4) is 0 Å². The van der Waals surface area contributed by atoms with Crippen LogP contribution in [0.5, 0.6) is 0 Å². The summed E-state index contributed by atoms with van der Waals surface area (Å²) in [7, 11) is 0. The number of imide groups is 2. The standard InChI is InChI=1S/C23H16Cl2N2O4/c1-12-7-13(2)9-15(8-12)27-22(29)18(21(28)26-23(27)30)11-16-4-6-20(31-16)17-10-14(24)3-5-19(17)25/h3-11H,1-2H3,(H,26,28,30). The Morgan fingerprint density at radius 2 is 1.65 bits per heavy atom. The summed E-state index contributed by atoms with van der Waals surface area (Å²) in [6.07, 6.45) is 1.29. The first-order valence-electron chi connectivity index (χ1n) is 9.28. The molecule has 0 spiro atoms. The van der Waals surface area contributed by atoms with E-state index in [9.17, 15) is 14.4 Å². The van der Waals surface area contributed by atoms with Crippen molar-refractivity contribution in [2.24, 2.45) is 0 Å². The van der Waals surface area contributed by atoms with E-state index in [1.165, 1.54) is 6.08 Å². The Balaban J connectivity index is 1.71. The van der Waals surface area contributed by atoms with E-state index in [1.807, 2.05) is 19.9 Å². The van der Waals surface area contributed by atoms with Gasteiger partial charge < -0.3 is 4.42 Å². The molecule has 0 atom stereocenters. The molecule has 1 aliphatic rings. The number of carbonyl (C=O) groups is 3. The van der Waals surface area contributed by atoms with Gasteiger partial charge in [0.1, 0.15) is 17.1 Å². The van der Waals surface area contributed by atoms with Crippen LogP contribution >= 0.6 is 23.2 Å². The molecule has 1 aromatic heterocycles. The lowest BCUT2D eigenvalue weighted by molar-refractivity contribution is -0.122. The number of nitrogens with one attached hydrogen (secondary N) is 1. The van der Waals surface area contributed by atoms with Gasteiger partial charge in [-0.2, -0.15) is 0 Å². The third-order valence-electron chi connectivity index (χ3n) is 4.67. The fourth-order valence-electron chi connectivity index (χ4n) is 3.38. The summed E-state index contributed by atoms with van der Waals surface area (Å²) in [5.41, 5.74) is 2.49. The summed E-state index contributed by atoms with van der Waals surface area (Å²) in [5, 5.41) is 3.13. The third-order valence-corrected chi connectivity index (χ3v) is 5.24. The molecule has 0 unspecified atom stereocenters. The number of aryl methyl sites for hydroxylation is 2. The number of hydrogen-bond donors (Lipinski definition) is 1. The molecule has 2 aromatic carbocycles. The average Bonchev–Trinajstić information content (AvgIpc) is 3.14. The lowest BCUT2D eigenvalue weighted by Gasteiger charge is -2.26. The molecule has 4 amide bonds. The van der Waals surface area contributed by atoms with Gasteiger partial charge in [0.25, 0.3) is 11.8 Å². The van der Waals surface area contributed by atoms with Crippen molar-refractivity contribution in [3.8, 4) is 11.3 Å². The monoisotopic (exact) mass is 454 g/mol. The maximum Gasteiger partial charge on any atom is 0.335 e. The van der Waals surface area contributed by atoms with Crippen molar-refractivity contribution < 1.29 is 18.8 Å². The predicted octanol–water partition coefficient (Wildman–Crippen LogP) is 5.54. The first-order chi connectivity index (χ1) is 14.7. The van der Waals surface area contributed by atoms with Gasteiger partial charge in [-0.05, 0) is 73.5 Å². The fourth-order valence-corrected chi connectivity index (χ4v) is 3.76. The number of barbiturate groups is 1. The van der Waals surface area contributed by atoms with Crippen LogP contribution in [0.15, 0.2) is 58.5 Å². The molecule has 3 aromatic rings. The zero-order valence-electron chi connectivity index (χ0n) is 16.5. The highest BCUT2D eigenvalue weighted by Crippen LogP contribution is 2.32. The number of rotatable bonds is 3. The largest absolute Gasteiger partial charge is 0.457 e. The predicted molar refractivity (Wildman–Crippen MR) is 119 cm³/mol. The number of halogens is 2. The summed E-state index contributed by atoms with van der Waals surface area (Å²) in [6.45, 7) is 3.71. The second-order valence-corrected chi connectivity index (χ2v) is 7.97. The molecule has 6 nitrogen and oxygen atoms in total. The zero-order valence-corrected chi connectivity index (χ0v) is 18.0. The summed E-state index contributed by atoms with van der Waals surface area (Å²) in [5.74, 6) is -0.864. The van der Waals surface area contributed by atoms with Gasteiger partial charge in [0.15, 0.2) is 0 Å². The molecule has 0 bridgehead atoms. The minimum absolute atomic E-state index is 0.225. The lowest BCUT2D eigenvalue weighted by atomic mass is 10.1. The van der Waals surface area contributed by atoms with E-state index in [2.05, 4.69) is 5.32 Å². The van der Waals surface area contributed by atoms with Crippen LogP contribution in [-0.4, -0.2) is 17.8 Å². The number of carbonyl (C=O) groups excluding carboxylic acids is 3. The molecular formula is C23H16Cl2N2O4. The highest BCUT2D eigenvalue weighted by Gasteiger charge is 2.37. The maximum absolute atomic E-state index is 13.0. The topological polar surface area (TPSA) is 79.6 Å². The molecule has 4 rings (SSSR count). The molecule has 1 N–H and O–H groups in total. The fraction of sp³-hybridized carbons (Fsp3) is 0.0870. The molecule has 1 fully saturated rings. The van der Waals surface area contributed by atoms with Gasteiger partial charge in [0.05, 0.1) is 10.7 Å². The van der Waals surface area contributed by atoms with Crippen molar-refractivity contribution in [3.63, 3.8) is 0 Å². The van der Waals surface area contributed by atoms with Gasteiger partial charge in [0, 0.05) is 10.6 Å². The lowest BCUT2D eigenvalue weighted by Crippen LogP contribution is -2.54. The molecule has 1 aliphatic heterocycles. The highest BCUT2D eigenvalue weighted by molar-refractivity contribution is 6.39. The van der Waals surface area contributed by atoms with E-state index in [4.69, 9.17) is 27.6 Å². The van der Waals surface area contributed by atoms with E-state index in [0.717, 1.165) is 16.0 Å². The molecular weight excluding hydrogens is 439 g/mol. The van der Waals surface area contributed by atoms with Crippen LogP contribution in [0, 0.1) is 13.8 Å². The van der Waals surface area contributed by atoms with Gasteiger partial charge in [0.2, 0.25) is 0 Å². The Labute approximate surface area is 188 Å². The summed E-state index contributed by atoms with van der Waals surface area (Å²) >= 11 is 12.2. The van der Waals surface area contributed by atoms with Gasteiger partial charge in [-0.25, -0.2) is 9.69 Å². The Hall–Kier alpha value is -3.35. The van der Waals surface area contributed by atoms with Crippen molar-refractivity contribution in [1.29, 1.82) is 0 Å². The number of benzene rings is 2. The van der Waals surface area contributed by atoms with Crippen LogP contribution in [0.4, 0.5) is 10.5 Å². The normalized spacial score (nSPS) is 15.5. The number of hydrogen-bond acceptors (Lipinski definition) is 4. The maximum atomic E-state index is 13.0. The summed E-state index contributed by atoms with van der Waals surface area (Å²) in [6, 6.07) is 12.7. The minimum atomic E-state index is -0.803. The van der Waals surface area contributed by atoms with E-state index >= 15 is 0 Å². The highest BCUT2D eigenvalue weighted by atomic mass is 35.5. The van der Waals surface area contributed by atoms with Crippen LogP contribution in [0.25, 0.3) is 17.4 Å². The Morgan fingerprint density at radius 1 is 0.935 bits per heavy atom. The minimum Gasteiger partial charge on any atom is -0.457 e. The first-order valence-corrected chi connectivity index (χ1v) is 10.0. The molecule has 0 aliphatic carbocycles. The van der Waals surface area contributed by atoms with Crippen molar-refractivity contribution >= 4 is 52.8 Å². The van der Waals surface area contributed by atoms with Gasteiger partial charge in [-0.3, -0.25) is 14.9 Å². The number of amides is 4. The smallest absolute Gasteiger partial charge is 0.335 e. The number of urea groups is 1. The molecule has 2 heterocycles. The Kier molecular flexibility index (Phi) is 5.43. The average molecular weight is 455 g/mol. The number of furan rings is 1. The SMILES string of the molecule is Cc1cc(C)cc(N2C(=O)NC(=O)C(=Cc3ccc(-c4cc(Cl)ccc4Cl)o3)C2=O)c1. The van der Waals surface area contributed by atoms with Crippen LogP contribution in [-0.2, 0) is 9.59 Å². The van der Waals surface area contributed by atoms with Crippen molar-refractivity contribution in [1.82, 2.24) is 5.32 Å². The van der Waals surface area contributed by atoms with E-state index in [-0.39, 0.29) is 11.3 Å². The molecule has 156 valence electrons. The van der Waals surface area contributed by atoms with E-state index in [0.29, 0.717) is 27.1 Å². The molecule has 1 saturated heterocycles. The van der Waals surface area contributed by atoms with Gasteiger partial charge in [-0.1, -0.05) is 29.3 Å². The summed E-state index contributed by atoms with van der Waals surface area (Å²) in [4.78, 5) is 38.7. The Morgan fingerprint density at radius 3 is 2.35 bits per heavy atom. The van der Waals surface area contributed by atoms with Gasteiger partial charge in [-0.15, -0.1) is 0 Å². The van der Waals surface area contributed by atoms with Crippen molar-refractivity contribution in [2.45, 2.75) is 13.8 Å². The van der Waals surface area contributed by atoms with Crippen molar-refractivity contribution in [2.75, 3.05) is 4.90 Å². The second-order valence-electron chi connectivity index (χ2n) is 7.13. The van der Waals surface area contributed by atoms with Crippen LogP contribution in [0.1, 0.15) is 16.9 Å².